The van der Waals surface area contributed by atoms with Gasteiger partial charge in [0.15, 0.2) is 0 Å². The van der Waals surface area contributed by atoms with Gasteiger partial charge in [-0.05, 0) is 12.5 Å². The van der Waals surface area contributed by atoms with Gasteiger partial charge in [0.05, 0.1) is 19.9 Å². The molecule has 0 aromatic carbocycles. The molecule has 0 fully saturated rings. The van der Waals surface area contributed by atoms with E-state index in [9.17, 15) is 4.79 Å². The smallest absolute Gasteiger partial charge is 0.384 e. The van der Waals surface area contributed by atoms with Crippen molar-refractivity contribution in [1.82, 2.24) is 4.98 Å². The molecule has 0 saturated heterocycles. The maximum atomic E-state index is 10.8. The van der Waals surface area contributed by atoms with Gasteiger partial charge in [-0.1, -0.05) is 12.8 Å². The molecule has 0 aliphatic rings. The minimum Gasteiger partial charge on any atom is -0.492 e. The Morgan fingerprint density at radius 3 is 3.00 bits per heavy atom. The molecular weight excluding hydrogens is 206 g/mol. The Morgan fingerprint density at radius 1 is 1.50 bits per heavy atom. The number of carbonyl (C=O) groups is 1. The monoisotopic (exact) mass is 219 g/mol. The topological polar surface area (TPSA) is 48.4 Å². The molecule has 0 N–H and O–H groups in total. The van der Waals surface area contributed by atoms with Crippen molar-refractivity contribution in [2.45, 2.75) is 13.3 Å². The zero-order valence-electron chi connectivity index (χ0n) is 9.32. The number of nitrogens with zero attached hydrogens (tertiary/aromatic N) is 1. The molecule has 0 aliphatic carbocycles. The quantitative estimate of drug-likeness (QED) is 0.569. The first-order chi connectivity index (χ1) is 7.76. The summed E-state index contributed by atoms with van der Waals surface area (Å²) < 4.78 is 9.79. The third-order valence-corrected chi connectivity index (χ3v) is 1.68. The van der Waals surface area contributed by atoms with Crippen LogP contribution in [-0.2, 0) is 9.53 Å². The number of ether oxygens (including phenoxy) is 2. The van der Waals surface area contributed by atoms with E-state index in [1.165, 1.54) is 7.11 Å². The van der Waals surface area contributed by atoms with Gasteiger partial charge in [-0.3, -0.25) is 4.98 Å². The molecule has 0 radical (unpaired) electrons. The predicted octanol–water partition coefficient (Wildman–Crippen LogP) is 1.39. The van der Waals surface area contributed by atoms with Gasteiger partial charge in [-0.25, -0.2) is 4.79 Å². The van der Waals surface area contributed by atoms with E-state index in [2.05, 4.69) is 21.6 Å². The Kier molecular flexibility index (Phi) is 4.87. The van der Waals surface area contributed by atoms with Crippen LogP contribution >= 0.6 is 0 Å². The van der Waals surface area contributed by atoms with E-state index in [0.717, 1.165) is 6.42 Å². The molecule has 0 atom stereocenters. The van der Waals surface area contributed by atoms with Gasteiger partial charge < -0.3 is 9.47 Å². The van der Waals surface area contributed by atoms with Gasteiger partial charge in [0, 0.05) is 17.7 Å². The fourth-order valence-electron chi connectivity index (χ4n) is 0.960. The molecule has 4 nitrogen and oxygen atoms in total. The van der Waals surface area contributed by atoms with Gasteiger partial charge in [-0.2, -0.15) is 0 Å². The fraction of sp³-hybridized carbons (Fsp3) is 0.333. The van der Waals surface area contributed by atoms with Gasteiger partial charge in [0.2, 0.25) is 0 Å². The molecule has 0 aliphatic heterocycles. The molecule has 1 rings (SSSR count). The normalized spacial score (nSPS) is 8.88. The van der Waals surface area contributed by atoms with Crippen LogP contribution < -0.4 is 4.74 Å². The summed E-state index contributed by atoms with van der Waals surface area (Å²) in [6, 6.07) is 1.73. The number of hydrogen-bond acceptors (Lipinski definition) is 4. The Labute approximate surface area is 94.6 Å². The highest BCUT2D eigenvalue weighted by atomic mass is 16.5. The molecule has 4 heteroatoms. The van der Waals surface area contributed by atoms with Crippen molar-refractivity contribution in [3.05, 3.63) is 24.0 Å². The first-order valence-corrected chi connectivity index (χ1v) is 4.94. The summed E-state index contributed by atoms with van der Waals surface area (Å²) in [5.41, 5.74) is 0.624. The highest BCUT2D eigenvalue weighted by Gasteiger charge is 1.96. The second-order valence-electron chi connectivity index (χ2n) is 3.00. The maximum Gasteiger partial charge on any atom is 0.384 e. The first-order valence-electron chi connectivity index (χ1n) is 4.94. The van der Waals surface area contributed by atoms with Crippen molar-refractivity contribution in [3.8, 4) is 17.6 Å². The lowest BCUT2D eigenvalue weighted by molar-refractivity contribution is -0.133. The summed E-state index contributed by atoms with van der Waals surface area (Å²) in [7, 11) is 1.29. The molecule has 0 saturated carbocycles. The van der Waals surface area contributed by atoms with E-state index in [1.807, 2.05) is 6.92 Å². The van der Waals surface area contributed by atoms with E-state index in [1.54, 1.807) is 18.5 Å². The van der Waals surface area contributed by atoms with Crippen LogP contribution in [0.5, 0.6) is 5.75 Å². The highest BCUT2D eigenvalue weighted by Crippen LogP contribution is 2.10. The summed E-state index contributed by atoms with van der Waals surface area (Å²) in [6.45, 7) is 2.66. The lowest BCUT2D eigenvalue weighted by Crippen LogP contribution is -1.96. The van der Waals surface area contributed by atoms with E-state index in [-0.39, 0.29) is 0 Å². The van der Waals surface area contributed by atoms with Gasteiger partial charge >= 0.3 is 5.97 Å². The van der Waals surface area contributed by atoms with Crippen LogP contribution in [0.15, 0.2) is 18.5 Å². The van der Waals surface area contributed by atoms with Crippen LogP contribution in [0, 0.1) is 11.8 Å². The standard InChI is InChI=1S/C12H13NO3/c1-3-6-16-11-7-10(8-13-9-11)4-5-12(14)15-2/h7-9H,3,6H2,1-2H3. The van der Waals surface area contributed by atoms with Crippen LogP contribution in [0.3, 0.4) is 0 Å². The number of carbonyl (C=O) groups excluding carboxylic acids is 1. The molecule has 1 aromatic heterocycles. The second kappa shape index (κ2) is 6.46. The number of aromatic nitrogens is 1. The summed E-state index contributed by atoms with van der Waals surface area (Å²) in [4.78, 5) is 14.8. The van der Waals surface area contributed by atoms with Crippen LogP contribution in [-0.4, -0.2) is 24.7 Å². The van der Waals surface area contributed by atoms with Crippen molar-refractivity contribution in [3.63, 3.8) is 0 Å². The third-order valence-electron chi connectivity index (χ3n) is 1.68. The van der Waals surface area contributed by atoms with Crippen LogP contribution in [0.4, 0.5) is 0 Å². The zero-order chi connectivity index (χ0) is 11.8. The largest absolute Gasteiger partial charge is 0.492 e. The molecular formula is C12H13NO3. The minimum absolute atomic E-state index is 0.570. The third kappa shape index (κ3) is 4.01. The van der Waals surface area contributed by atoms with Crippen molar-refractivity contribution in [1.29, 1.82) is 0 Å². The molecule has 0 unspecified atom stereocenters. The molecule has 0 spiro atoms. The summed E-state index contributed by atoms with van der Waals surface area (Å²) in [5, 5.41) is 0. The van der Waals surface area contributed by atoms with Crippen LogP contribution in [0.1, 0.15) is 18.9 Å². The average Bonchev–Trinajstić information content (AvgIpc) is 2.34. The summed E-state index contributed by atoms with van der Waals surface area (Å²) in [6.07, 6.45) is 4.10. The molecule has 0 bridgehead atoms. The average molecular weight is 219 g/mol. The van der Waals surface area contributed by atoms with Gasteiger partial charge in [0.25, 0.3) is 0 Å². The second-order valence-corrected chi connectivity index (χ2v) is 3.00. The molecule has 1 aromatic rings. The zero-order valence-corrected chi connectivity index (χ0v) is 9.32. The van der Waals surface area contributed by atoms with Gasteiger partial charge in [0.1, 0.15) is 5.75 Å². The summed E-state index contributed by atoms with van der Waals surface area (Å²) in [5.74, 6) is 5.05. The van der Waals surface area contributed by atoms with Crippen molar-refractivity contribution in [2.75, 3.05) is 13.7 Å². The number of esters is 1. The van der Waals surface area contributed by atoms with E-state index >= 15 is 0 Å². The number of methoxy groups -OCH3 is 1. The SMILES string of the molecule is CCCOc1cncc(C#CC(=O)OC)c1. The first kappa shape index (κ1) is 12.1. The number of rotatable bonds is 3. The Balaban J connectivity index is 2.73. The lowest BCUT2D eigenvalue weighted by Gasteiger charge is -2.02. The van der Waals surface area contributed by atoms with E-state index in [4.69, 9.17) is 4.74 Å². The predicted molar refractivity (Wildman–Crippen MR) is 58.9 cm³/mol. The Morgan fingerprint density at radius 2 is 2.31 bits per heavy atom. The van der Waals surface area contributed by atoms with Crippen LogP contribution in [0.25, 0.3) is 0 Å². The molecule has 16 heavy (non-hydrogen) atoms. The fourth-order valence-corrected chi connectivity index (χ4v) is 0.960. The minimum atomic E-state index is -0.570. The molecule has 84 valence electrons. The number of hydrogen-bond donors (Lipinski definition) is 0. The van der Waals surface area contributed by atoms with E-state index in [0.29, 0.717) is 17.9 Å². The Hall–Kier alpha value is -2.02. The van der Waals surface area contributed by atoms with Crippen molar-refractivity contribution in [2.24, 2.45) is 0 Å². The van der Waals surface area contributed by atoms with E-state index < -0.39 is 5.97 Å². The highest BCUT2D eigenvalue weighted by molar-refractivity contribution is 5.88. The van der Waals surface area contributed by atoms with Crippen LogP contribution in [0.2, 0.25) is 0 Å². The van der Waals surface area contributed by atoms with Crippen molar-refractivity contribution >= 4 is 5.97 Å². The Bertz CT molecular complexity index is 418. The van der Waals surface area contributed by atoms with Crippen molar-refractivity contribution < 1.29 is 14.3 Å². The molecule has 0 amide bonds. The lowest BCUT2D eigenvalue weighted by atomic mass is 10.3. The number of pyridine rings is 1. The van der Waals surface area contributed by atoms with Gasteiger partial charge in [-0.15, -0.1) is 0 Å². The maximum absolute atomic E-state index is 10.8. The summed E-state index contributed by atoms with van der Waals surface area (Å²) >= 11 is 0. The molecule has 1 heterocycles.